The molecular weight excluding hydrogens is 366 g/mol. The lowest BCUT2D eigenvalue weighted by molar-refractivity contribution is 0.0604. The number of aryl methyl sites for hydroxylation is 1. The van der Waals surface area contributed by atoms with Crippen LogP contribution in [0.25, 0.3) is 10.2 Å². The molecular formula is C16H12ClN3O4S. The Labute approximate surface area is 151 Å². The summed E-state index contributed by atoms with van der Waals surface area (Å²) < 4.78 is 4.78. The molecule has 0 radical (unpaired) electrons. The summed E-state index contributed by atoms with van der Waals surface area (Å²) in [5, 5.41) is 12.7. The third-order valence-electron chi connectivity index (χ3n) is 3.53. The number of rotatable bonds is 4. The number of carbonyl (C=O) groups excluding carboxylic acids is 1. The van der Waals surface area contributed by atoms with E-state index >= 15 is 0 Å². The number of hydrogen-bond acceptors (Lipinski definition) is 7. The molecule has 7 nitrogen and oxygen atoms in total. The lowest BCUT2D eigenvalue weighted by atomic mass is 10.2. The van der Waals surface area contributed by atoms with Gasteiger partial charge in [0, 0.05) is 5.69 Å². The van der Waals surface area contributed by atoms with Crippen LogP contribution in [0.2, 0.25) is 5.28 Å². The molecule has 0 aliphatic carbocycles. The van der Waals surface area contributed by atoms with Gasteiger partial charge in [-0.2, -0.15) is 4.98 Å². The van der Waals surface area contributed by atoms with Crippen LogP contribution in [-0.2, 0) is 4.74 Å². The lowest BCUT2D eigenvalue weighted by Crippen LogP contribution is -2.01. The van der Waals surface area contributed by atoms with Crippen LogP contribution in [0.15, 0.2) is 24.3 Å². The number of anilines is 2. The van der Waals surface area contributed by atoms with E-state index < -0.39 is 11.9 Å². The first-order valence-corrected chi connectivity index (χ1v) is 8.25. The average Bonchev–Trinajstić information content (AvgIpc) is 2.91. The van der Waals surface area contributed by atoms with Crippen LogP contribution in [0, 0.1) is 6.92 Å². The molecule has 0 unspecified atom stereocenters. The molecule has 0 bridgehead atoms. The third kappa shape index (κ3) is 3.26. The quantitative estimate of drug-likeness (QED) is 0.525. The fourth-order valence-corrected chi connectivity index (χ4v) is 3.64. The van der Waals surface area contributed by atoms with Gasteiger partial charge in [0.15, 0.2) is 0 Å². The van der Waals surface area contributed by atoms with Gasteiger partial charge in [-0.3, -0.25) is 0 Å². The SMILES string of the molecule is COC(=O)c1sc2nc(Cl)nc(Nc3ccc(C(=O)O)cc3)c2c1C. The number of fused-ring (bicyclic) bond motifs is 1. The molecule has 128 valence electrons. The number of halogens is 1. The highest BCUT2D eigenvalue weighted by molar-refractivity contribution is 7.20. The largest absolute Gasteiger partial charge is 0.478 e. The molecule has 0 amide bonds. The van der Waals surface area contributed by atoms with Gasteiger partial charge < -0.3 is 15.2 Å². The van der Waals surface area contributed by atoms with E-state index in [4.69, 9.17) is 21.4 Å². The predicted molar refractivity (Wildman–Crippen MR) is 95.2 cm³/mol. The minimum absolute atomic E-state index is 0.0369. The number of carboxylic acids is 1. The number of aromatic carboxylic acids is 1. The molecule has 2 aromatic heterocycles. The Morgan fingerprint density at radius 1 is 1.24 bits per heavy atom. The van der Waals surface area contributed by atoms with Gasteiger partial charge in [0.1, 0.15) is 15.5 Å². The van der Waals surface area contributed by atoms with E-state index in [-0.39, 0.29) is 10.8 Å². The molecule has 9 heteroatoms. The summed E-state index contributed by atoms with van der Waals surface area (Å²) in [4.78, 5) is 32.2. The second-order valence-corrected chi connectivity index (χ2v) is 6.41. The van der Waals surface area contributed by atoms with Crippen LogP contribution >= 0.6 is 22.9 Å². The molecule has 0 aliphatic rings. The zero-order valence-corrected chi connectivity index (χ0v) is 14.7. The topological polar surface area (TPSA) is 101 Å². The van der Waals surface area contributed by atoms with E-state index in [0.717, 1.165) is 0 Å². The smallest absolute Gasteiger partial charge is 0.348 e. The normalized spacial score (nSPS) is 10.7. The van der Waals surface area contributed by atoms with Gasteiger partial charge in [0.25, 0.3) is 0 Å². The Bertz CT molecular complexity index is 985. The molecule has 0 aliphatic heterocycles. The zero-order chi connectivity index (χ0) is 18.1. The minimum atomic E-state index is -1.00. The van der Waals surface area contributed by atoms with Crippen LogP contribution in [-0.4, -0.2) is 34.1 Å². The molecule has 3 rings (SSSR count). The van der Waals surface area contributed by atoms with Crippen LogP contribution in [0.3, 0.4) is 0 Å². The molecule has 0 atom stereocenters. The van der Waals surface area contributed by atoms with Crippen molar-refractivity contribution in [1.82, 2.24) is 9.97 Å². The number of nitrogens with one attached hydrogen (secondary N) is 1. The number of carbonyl (C=O) groups is 2. The van der Waals surface area contributed by atoms with Gasteiger partial charge in [0.2, 0.25) is 5.28 Å². The zero-order valence-electron chi connectivity index (χ0n) is 13.2. The fourth-order valence-electron chi connectivity index (χ4n) is 2.32. The van der Waals surface area contributed by atoms with Crippen LogP contribution in [0.1, 0.15) is 25.6 Å². The second kappa shape index (κ2) is 6.66. The molecule has 2 heterocycles. The van der Waals surface area contributed by atoms with Gasteiger partial charge in [0.05, 0.1) is 18.1 Å². The van der Waals surface area contributed by atoms with Gasteiger partial charge in [-0.05, 0) is 48.4 Å². The van der Waals surface area contributed by atoms with E-state index in [0.29, 0.717) is 32.2 Å². The van der Waals surface area contributed by atoms with Gasteiger partial charge in [-0.25, -0.2) is 14.6 Å². The number of carboxylic acid groups (broad SMARTS) is 1. The van der Waals surface area contributed by atoms with Crippen molar-refractivity contribution in [3.63, 3.8) is 0 Å². The number of thiophene rings is 1. The number of hydrogen-bond donors (Lipinski definition) is 2. The monoisotopic (exact) mass is 377 g/mol. The molecule has 0 spiro atoms. The Hall–Kier alpha value is -2.71. The van der Waals surface area contributed by atoms with E-state index in [1.807, 2.05) is 0 Å². The highest BCUT2D eigenvalue weighted by Crippen LogP contribution is 2.36. The van der Waals surface area contributed by atoms with Gasteiger partial charge in [-0.1, -0.05) is 0 Å². The molecule has 0 saturated carbocycles. The van der Waals surface area contributed by atoms with E-state index in [1.165, 1.54) is 30.6 Å². The molecule has 2 N–H and O–H groups in total. The summed E-state index contributed by atoms with van der Waals surface area (Å²) in [6.07, 6.45) is 0. The van der Waals surface area contributed by atoms with Crippen molar-refractivity contribution in [1.29, 1.82) is 0 Å². The van der Waals surface area contributed by atoms with Crippen LogP contribution < -0.4 is 5.32 Å². The molecule has 25 heavy (non-hydrogen) atoms. The maximum Gasteiger partial charge on any atom is 0.348 e. The summed E-state index contributed by atoms with van der Waals surface area (Å²) in [7, 11) is 1.31. The summed E-state index contributed by atoms with van der Waals surface area (Å²) in [5.41, 5.74) is 1.50. The minimum Gasteiger partial charge on any atom is -0.478 e. The highest BCUT2D eigenvalue weighted by atomic mass is 35.5. The average molecular weight is 378 g/mol. The molecule has 0 fully saturated rings. The maximum absolute atomic E-state index is 11.9. The number of aromatic nitrogens is 2. The van der Waals surface area contributed by atoms with Crippen molar-refractivity contribution < 1.29 is 19.4 Å². The predicted octanol–water partition coefficient (Wildman–Crippen LogP) is 3.88. The second-order valence-electron chi connectivity index (χ2n) is 5.08. The molecule has 0 saturated heterocycles. The van der Waals surface area contributed by atoms with Crippen molar-refractivity contribution in [3.05, 3.63) is 45.6 Å². The number of esters is 1. The number of ether oxygens (including phenoxy) is 1. The Kier molecular flexibility index (Phi) is 4.56. The molecule has 3 aromatic rings. The summed E-state index contributed by atoms with van der Waals surface area (Å²) in [6.45, 7) is 1.78. The van der Waals surface area contributed by atoms with Crippen molar-refractivity contribution in [2.24, 2.45) is 0 Å². The Morgan fingerprint density at radius 3 is 2.52 bits per heavy atom. The van der Waals surface area contributed by atoms with Crippen molar-refractivity contribution >= 4 is 56.6 Å². The van der Waals surface area contributed by atoms with Crippen LogP contribution in [0.5, 0.6) is 0 Å². The molecule has 1 aromatic carbocycles. The van der Waals surface area contributed by atoms with E-state index in [9.17, 15) is 9.59 Å². The number of nitrogens with zero attached hydrogens (tertiary/aromatic N) is 2. The highest BCUT2D eigenvalue weighted by Gasteiger charge is 2.21. The summed E-state index contributed by atoms with van der Waals surface area (Å²) in [5.74, 6) is -1.02. The maximum atomic E-state index is 11.9. The lowest BCUT2D eigenvalue weighted by Gasteiger charge is -2.08. The number of methoxy groups -OCH3 is 1. The first-order chi connectivity index (χ1) is 11.9. The van der Waals surface area contributed by atoms with Gasteiger partial charge in [-0.15, -0.1) is 11.3 Å². The standard InChI is InChI=1S/C16H12ClN3O4S/c1-7-10-12(18-9-5-3-8(4-6-9)14(21)22)19-16(17)20-13(10)25-11(7)15(23)24-2/h3-6H,1-2H3,(H,21,22)(H,18,19,20). The van der Waals surface area contributed by atoms with Gasteiger partial charge >= 0.3 is 11.9 Å². The third-order valence-corrected chi connectivity index (χ3v) is 4.86. The fraction of sp³-hybridized carbons (Fsp3) is 0.125. The van der Waals surface area contributed by atoms with Crippen molar-refractivity contribution in [2.75, 3.05) is 12.4 Å². The Morgan fingerprint density at radius 2 is 1.92 bits per heavy atom. The first kappa shape index (κ1) is 17.1. The van der Waals surface area contributed by atoms with Crippen molar-refractivity contribution in [3.8, 4) is 0 Å². The summed E-state index contributed by atoms with van der Waals surface area (Å²) >= 11 is 7.16. The van der Waals surface area contributed by atoms with Crippen LogP contribution in [0.4, 0.5) is 11.5 Å². The summed E-state index contributed by atoms with van der Waals surface area (Å²) in [6, 6.07) is 6.19. The first-order valence-electron chi connectivity index (χ1n) is 7.06. The van der Waals surface area contributed by atoms with E-state index in [2.05, 4.69) is 15.3 Å². The van der Waals surface area contributed by atoms with E-state index in [1.54, 1.807) is 19.1 Å². The van der Waals surface area contributed by atoms with Crippen molar-refractivity contribution in [2.45, 2.75) is 6.92 Å². The Balaban J connectivity index is 2.07. The number of benzene rings is 1.